The number of aliphatic carboxylic acids is 1. The van der Waals surface area contributed by atoms with Gasteiger partial charge in [-0.3, -0.25) is 4.79 Å². The summed E-state index contributed by atoms with van der Waals surface area (Å²) in [6.07, 6.45) is 0. The van der Waals surface area contributed by atoms with E-state index in [1.807, 2.05) is 26.0 Å². The maximum Gasteiger partial charge on any atom is 0.306 e. The number of hydrogen-bond acceptors (Lipinski definition) is 2. The first-order valence-electron chi connectivity index (χ1n) is 4.31. The van der Waals surface area contributed by atoms with Crippen LogP contribution in [0.15, 0.2) is 12.1 Å². The molecule has 0 aliphatic carbocycles. The van der Waals surface area contributed by atoms with Gasteiger partial charge < -0.3 is 5.11 Å². The monoisotopic (exact) mass is 198 g/mol. The van der Waals surface area contributed by atoms with Crippen LogP contribution in [0.5, 0.6) is 0 Å². The Morgan fingerprint density at radius 1 is 1.46 bits per heavy atom. The number of hydrogen-bond donors (Lipinski definition) is 1. The highest BCUT2D eigenvalue weighted by molar-refractivity contribution is 7.12. The minimum Gasteiger partial charge on any atom is -0.481 e. The molecule has 0 aliphatic heterocycles. The van der Waals surface area contributed by atoms with Gasteiger partial charge in [0.1, 0.15) is 0 Å². The standard InChI is InChI=1S/C10H14O2S/c1-6-4-5-9(13-6)7(2)8(3)10(11)12/h4-5,7-8H,1-3H3,(H,11,12). The summed E-state index contributed by atoms with van der Waals surface area (Å²) < 4.78 is 0. The lowest BCUT2D eigenvalue weighted by Crippen LogP contribution is -2.15. The third-order valence-electron chi connectivity index (χ3n) is 2.35. The van der Waals surface area contributed by atoms with Crippen LogP contribution in [0.1, 0.15) is 29.5 Å². The van der Waals surface area contributed by atoms with E-state index in [0.29, 0.717) is 0 Å². The second-order valence-corrected chi connectivity index (χ2v) is 4.68. The molecule has 1 rings (SSSR count). The van der Waals surface area contributed by atoms with Crippen LogP contribution in [0.4, 0.5) is 0 Å². The van der Waals surface area contributed by atoms with Gasteiger partial charge >= 0.3 is 5.97 Å². The van der Waals surface area contributed by atoms with Crippen LogP contribution in [0.25, 0.3) is 0 Å². The summed E-state index contributed by atoms with van der Waals surface area (Å²) in [7, 11) is 0. The van der Waals surface area contributed by atoms with Crippen molar-refractivity contribution in [2.45, 2.75) is 26.7 Å². The van der Waals surface area contributed by atoms with Crippen molar-refractivity contribution in [1.29, 1.82) is 0 Å². The zero-order valence-corrected chi connectivity index (χ0v) is 8.89. The topological polar surface area (TPSA) is 37.3 Å². The Hall–Kier alpha value is -0.830. The lowest BCUT2D eigenvalue weighted by molar-refractivity contribution is -0.141. The molecule has 0 bridgehead atoms. The fourth-order valence-electron chi connectivity index (χ4n) is 1.16. The van der Waals surface area contributed by atoms with E-state index in [1.54, 1.807) is 18.3 Å². The number of rotatable bonds is 3. The molecule has 0 saturated carbocycles. The van der Waals surface area contributed by atoms with Gasteiger partial charge in [-0.15, -0.1) is 11.3 Å². The molecule has 0 aromatic carbocycles. The fourth-order valence-corrected chi connectivity index (χ4v) is 2.19. The van der Waals surface area contributed by atoms with E-state index in [-0.39, 0.29) is 11.8 Å². The predicted octanol–water partition coefficient (Wildman–Crippen LogP) is 2.88. The zero-order valence-electron chi connectivity index (χ0n) is 8.07. The van der Waals surface area contributed by atoms with Crippen molar-refractivity contribution >= 4 is 17.3 Å². The molecule has 0 fully saturated rings. The normalized spacial score (nSPS) is 15.3. The molecule has 0 amide bonds. The number of carbonyl (C=O) groups is 1. The molecule has 0 radical (unpaired) electrons. The van der Waals surface area contributed by atoms with Crippen molar-refractivity contribution in [2.24, 2.45) is 5.92 Å². The average Bonchev–Trinajstić information content (AvgIpc) is 2.49. The van der Waals surface area contributed by atoms with Gasteiger partial charge in [0.2, 0.25) is 0 Å². The molecule has 0 saturated heterocycles. The van der Waals surface area contributed by atoms with Crippen molar-refractivity contribution in [3.63, 3.8) is 0 Å². The van der Waals surface area contributed by atoms with Crippen LogP contribution in [0, 0.1) is 12.8 Å². The van der Waals surface area contributed by atoms with Crippen molar-refractivity contribution in [3.05, 3.63) is 21.9 Å². The largest absolute Gasteiger partial charge is 0.481 e. The molecule has 1 aromatic heterocycles. The maximum absolute atomic E-state index is 10.7. The Labute approximate surface area is 82.2 Å². The summed E-state index contributed by atoms with van der Waals surface area (Å²) in [6, 6.07) is 4.05. The van der Waals surface area contributed by atoms with Gasteiger partial charge in [-0.2, -0.15) is 0 Å². The molecule has 3 heteroatoms. The summed E-state index contributed by atoms with van der Waals surface area (Å²) in [4.78, 5) is 13.1. The number of aryl methyl sites for hydroxylation is 1. The quantitative estimate of drug-likeness (QED) is 0.810. The molecule has 1 heterocycles. The van der Waals surface area contributed by atoms with Gasteiger partial charge in [-0.25, -0.2) is 0 Å². The Morgan fingerprint density at radius 2 is 2.08 bits per heavy atom. The Morgan fingerprint density at radius 3 is 2.46 bits per heavy atom. The molecule has 1 N–H and O–H groups in total. The third-order valence-corrected chi connectivity index (χ3v) is 3.55. The van der Waals surface area contributed by atoms with Crippen molar-refractivity contribution in [3.8, 4) is 0 Å². The van der Waals surface area contributed by atoms with Crippen LogP contribution in [0.2, 0.25) is 0 Å². The van der Waals surface area contributed by atoms with E-state index < -0.39 is 5.97 Å². The Kier molecular flexibility index (Phi) is 3.09. The second kappa shape index (κ2) is 3.92. The first-order valence-corrected chi connectivity index (χ1v) is 5.13. The minimum absolute atomic E-state index is 0.108. The third kappa shape index (κ3) is 2.31. The summed E-state index contributed by atoms with van der Waals surface area (Å²) >= 11 is 1.68. The lowest BCUT2D eigenvalue weighted by Gasteiger charge is -2.13. The van der Waals surface area contributed by atoms with E-state index in [9.17, 15) is 4.79 Å². The molecule has 2 nitrogen and oxygen atoms in total. The van der Waals surface area contributed by atoms with Gasteiger partial charge in [0.15, 0.2) is 0 Å². The minimum atomic E-state index is -0.724. The van der Waals surface area contributed by atoms with Gasteiger partial charge in [0, 0.05) is 15.7 Å². The number of carboxylic acid groups (broad SMARTS) is 1. The van der Waals surface area contributed by atoms with Crippen LogP contribution >= 0.6 is 11.3 Å². The number of thiophene rings is 1. The van der Waals surface area contributed by atoms with Crippen LogP contribution in [-0.4, -0.2) is 11.1 Å². The van der Waals surface area contributed by atoms with Crippen LogP contribution in [-0.2, 0) is 4.79 Å². The van der Waals surface area contributed by atoms with E-state index in [0.717, 1.165) is 4.88 Å². The van der Waals surface area contributed by atoms with Crippen molar-refractivity contribution < 1.29 is 9.90 Å². The number of carboxylic acids is 1. The van der Waals surface area contributed by atoms with E-state index >= 15 is 0 Å². The van der Waals surface area contributed by atoms with Crippen LogP contribution < -0.4 is 0 Å². The summed E-state index contributed by atoms with van der Waals surface area (Å²) in [5, 5.41) is 8.83. The molecule has 0 aliphatic rings. The highest BCUT2D eigenvalue weighted by atomic mass is 32.1. The predicted molar refractivity (Wildman–Crippen MR) is 54.3 cm³/mol. The average molecular weight is 198 g/mol. The lowest BCUT2D eigenvalue weighted by atomic mass is 9.95. The first kappa shape index (κ1) is 10.3. The molecule has 0 spiro atoms. The van der Waals surface area contributed by atoms with Crippen molar-refractivity contribution in [2.75, 3.05) is 0 Å². The Balaban J connectivity index is 2.78. The SMILES string of the molecule is Cc1ccc(C(C)C(C)C(=O)O)s1. The molecule has 72 valence electrons. The highest BCUT2D eigenvalue weighted by Gasteiger charge is 2.21. The summed E-state index contributed by atoms with van der Waals surface area (Å²) in [6.45, 7) is 5.75. The van der Waals surface area contributed by atoms with E-state index in [2.05, 4.69) is 0 Å². The molecular formula is C10H14O2S. The molecule has 2 unspecified atom stereocenters. The van der Waals surface area contributed by atoms with Crippen LogP contribution in [0.3, 0.4) is 0 Å². The molecule has 2 atom stereocenters. The van der Waals surface area contributed by atoms with Gasteiger partial charge in [0.25, 0.3) is 0 Å². The fraction of sp³-hybridized carbons (Fsp3) is 0.500. The molecular weight excluding hydrogens is 184 g/mol. The first-order chi connectivity index (χ1) is 6.02. The smallest absolute Gasteiger partial charge is 0.306 e. The van der Waals surface area contributed by atoms with Gasteiger partial charge in [-0.1, -0.05) is 13.8 Å². The van der Waals surface area contributed by atoms with Gasteiger partial charge in [0.05, 0.1) is 5.92 Å². The second-order valence-electron chi connectivity index (χ2n) is 3.36. The maximum atomic E-state index is 10.7. The van der Waals surface area contributed by atoms with E-state index in [4.69, 9.17) is 5.11 Å². The van der Waals surface area contributed by atoms with Crippen molar-refractivity contribution in [1.82, 2.24) is 0 Å². The van der Waals surface area contributed by atoms with E-state index in [1.165, 1.54) is 4.88 Å². The van der Waals surface area contributed by atoms with Gasteiger partial charge in [-0.05, 0) is 19.1 Å². The molecule has 1 aromatic rings. The Bertz CT molecular complexity index is 304. The highest BCUT2D eigenvalue weighted by Crippen LogP contribution is 2.29. The summed E-state index contributed by atoms with van der Waals surface area (Å²) in [5.74, 6) is -0.923. The zero-order chi connectivity index (χ0) is 10.0. The molecule has 13 heavy (non-hydrogen) atoms. The summed E-state index contributed by atoms with van der Waals surface area (Å²) in [5.41, 5.74) is 0.